The molecule has 0 aliphatic carbocycles. The highest BCUT2D eigenvalue weighted by atomic mass is 19.1. The first kappa shape index (κ1) is 11.6. The second-order valence-electron chi connectivity index (χ2n) is 3.49. The normalized spacial score (nSPS) is 11.7. The van der Waals surface area contributed by atoms with Gasteiger partial charge in [-0.15, -0.1) is 0 Å². The number of hydrogen-bond donors (Lipinski definition) is 0. The molecule has 0 spiro atoms. The van der Waals surface area contributed by atoms with Crippen molar-refractivity contribution in [3.63, 3.8) is 0 Å². The molecule has 1 nitrogen and oxygen atoms in total. The van der Waals surface area contributed by atoms with E-state index in [9.17, 15) is 13.6 Å². The Morgan fingerprint density at radius 3 is 2.40 bits per heavy atom. The first-order valence-corrected chi connectivity index (χ1v) is 4.56. The van der Waals surface area contributed by atoms with Crippen LogP contribution in [0.3, 0.4) is 0 Å². The summed E-state index contributed by atoms with van der Waals surface area (Å²) >= 11 is 0. The minimum absolute atomic E-state index is 0.112. The van der Waals surface area contributed by atoms with Gasteiger partial charge in [0.2, 0.25) is 0 Å². The van der Waals surface area contributed by atoms with E-state index in [0.717, 1.165) is 6.07 Å². The van der Waals surface area contributed by atoms with Crippen molar-refractivity contribution in [2.24, 2.45) is 0 Å². The van der Waals surface area contributed by atoms with Gasteiger partial charge in [-0.1, -0.05) is 0 Å². The molecule has 15 heavy (non-hydrogen) atoms. The molecular formula is C12H12F2O. The molecule has 0 bridgehead atoms. The molecule has 0 fully saturated rings. The summed E-state index contributed by atoms with van der Waals surface area (Å²) in [4.78, 5) is 11.0. The maximum Gasteiger partial charge on any atom is 0.155 e. The van der Waals surface area contributed by atoms with Crippen molar-refractivity contribution in [2.75, 3.05) is 0 Å². The third-order valence-corrected chi connectivity index (χ3v) is 2.28. The van der Waals surface area contributed by atoms with Gasteiger partial charge < -0.3 is 0 Å². The van der Waals surface area contributed by atoms with Crippen LogP contribution in [0.5, 0.6) is 0 Å². The molecule has 0 atom stereocenters. The van der Waals surface area contributed by atoms with Gasteiger partial charge in [0.25, 0.3) is 0 Å². The number of rotatable bonds is 2. The van der Waals surface area contributed by atoms with Crippen molar-refractivity contribution in [3.8, 4) is 0 Å². The van der Waals surface area contributed by atoms with Crippen LogP contribution in [0, 0.1) is 18.6 Å². The van der Waals surface area contributed by atoms with Gasteiger partial charge in [0.1, 0.15) is 11.6 Å². The average molecular weight is 210 g/mol. The lowest BCUT2D eigenvalue weighted by Gasteiger charge is -2.03. The highest BCUT2D eigenvalue weighted by Gasteiger charge is 2.06. The maximum absolute atomic E-state index is 13.1. The molecular weight excluding hydrogens is 198 g/mol. The van der Waals surface area contributed by atoms with E-state index in [1.807, 2.05) is 0 Å². The van der Waals surface area contributed by atoms with Crippen LogP contribution in [0.1, 0.15) is 25.0 Å². The van der Waals surface area contributed by atoms with Crippen molar-refractivity contribution in [2.45, 2.75) is 20.8 Å². The molecule has 0 unspecified atom stereocenters. The molecule has 0 aromatic heterocycles. The van der Waals surface area contributed by atoms with Crippen molar-refractivity contribution in [1.82, 2.24) is 0 Å². The second-order valence-corrected chi connectivity index (χ2v) is 3.49. The highest BCUT2D eigenvalue weighted by Crippen LogP contribution is 2.18. The lowest BCUT2D eigenvalue weighted by atomic mass is 10.0. The number of carbonyl (C=O) groups excluding carboxylic acids is 1. The molecule has 0 aliphatic heterocycles. The van der Waals surface area contributed by atoms with Crippen LogP contribution in [0.2, 0.25) is 0 Å². The Morgan fingerprint density at radius 2 is 1.87 bits per heavy atom. The molecule has 0 N–H and O–H groups in total. The first-order chi connectivity index (χ1) is 6.91. The molecule has 0 saturated carbocycles. The van der Waals surface area contributed by atoms with Gasteiger partial charge >= 0.3 is 0 Å². The Balaban J connectivity index is 3.26. The van der Waals surface area contributed by atoms with Gasteiger partial charge in [0.15, 0.2) is 5.78 Å². The summed E-state index contributed by atoms with van der Waals surface area (Å²) in [6.45, 7) is 4.58. The van der Waals surface area contributed by atoms with E-state index in [-0.39, 0.29) is 5.78 Å². The van der Waals surface area contributed by atoms with E-state index in [1.54, 1.807) is 13.8 Å². The number of halogens is 2. The minimum Gasteiger partial charge on any atom is -0.295 e. The Kier molecular flexibility index (Phi) is 3.35. The summed E-state index contributed by atoms with van der Waals surface area (Å²) in [6.07, 6.45) is 1.49. The smallest absolute Gasteiger partial charge is 0.155 e. The predicted molar refractivity (Wildman–Crippen MR) is 55.4 cm³/mol. The SMILES string of the molecule is CC(=O)/C(C)=C/c1cc(F)cc(F)c1C. The summed E-state index contributed by atoms with van der Waals surface area (Å²) in [5.41, 5.74) is 1.22. The number of allylic oxidation sites excluding steroid dienone is 1. The fraction of sp³-hybridized carbons (Fsp3) is 0.250. The minimum atomic E-state index is -0.638. The van der Waals surface area contributed by atoms with E-state index in [1.165, 1.54) is 19.1 Å². The standard InChI is InChI=1S/C12H12F2O/c1-7(9(3)15)4-10-5-11(13)6-12(14)8(10)2/h4-6H,1-3H3/b7-4+. The van der Waals surface area contributed by atoms with Gasteiger partial charge in [-0.25, -0.2) is 8.78 Å². The number of carbonyl (C=O) groups is 1. The van der Waals surface area contributed by atoms with Gasteiger partial charge in [0, 0.05) is 6.07 Å². The molecule has 1 rings (SSSR count). The van der Waals surface area contributed by atoms with Crippen molar-refractivity contribution in [1.29, 1.82) is 0 Å². The zero-order chi connectivity index (χ0) is 11.6. The monoisotopic (exact) mass is 210 g/mol. The fourth-order valence-corrected chi connectivity index (χ4v) is 1.15. The van der Waals surface area contributed by atoms with Crippen molar-refractivity contribution < 1.29 is 13.6 Å². The third-order valence-electron chi connectivity index (χ3n) is 2.28. The van der Waals surface area contributed by atoms with E-state index in [0.29, 0.717) is 16.7 Å². The Hall–Kier alpha value is -1.51. The Labute approximate surface area is 87.4 Å². The van der Waals surface area contributed by atoms with Crippen LogP contribution in [0.4, 0.5) is 8.78 Å². The molecule has 0 aliphatic rings. The zero-order valence-electron chi connectivity index (χ0n) is 8.90. The van der Waals surface area contributed by atoms with E-state index in [2.05, 4.69) is 0 Å². The van der Waals surface area contributed by atoms with Gasteiger partial charge in [-0.05, 0) is 49.6 Å². The topological polar surface area (TPSA) is 17.1 Å². The van der Waals surface area contributed by atoms with E-state index < -0.39 is 11.6 Å². The summed E-state index contributed by atoms with van der Waals surface area (Å²) in [7, 11) is 0. The summed E-state index contributed by atoms with van der Waals surface area (Å²) < 4.78 is 26.0. The molecule has 3 heteroatoms. The lowest BCUT2D eigenvalue weighted by Crippen LogP contribution is -1.94. The van der Waals surface area contributed by atoms with Crippen LogP contribution >= 0.6 is 0 Å². The van der Waals surface area contributed by atoms with Gasteiger partial charge in [0.05, 0.1) is 0 Å². The van der Waals surface area contributed by atoms with Gasteiger partial charge in [-0.3, -0.25) is 4.79 Å². The van der Waals surface area contributed by atoms with Crippen LogP contribution in [-0.2, 0) is 4.79 Å². The molecule has 0 saturated heterocycles. The quantitative estimate of drug-likeness (QED) is 0.685. The molecule has 0 amide bonds. The van der Waals surface area contributed by atoms with Crippen LogP contribution in [0.15, 0.2) is 17.7 Å². The van der Waals surface area contributed by atoms with Crippen LogP contribution < -0.4 is 0 Å². The third kappa shape index (κ3) is 2.72. The number of benzene rings is 1. The number of ketones is 1. The van der Waals surface area contributed by atoms with Crippen LogP contribution in [0.25, 0.3) is 6.08 Å². The van der Waals surface area contributed by atoms with E-state index in [4.69, 9.17) is 0 Å². The lowest BCUT2D eigenvalue weighted by molar-refractivity contribution is -0.113. The van der Waals surface area contributed by atoms with E-state index >= 15 is 0 Å². The molecule has 0 radical (unpaired) electrons. The first-order valence-electron chi connectivity index (χ1n) is 4.56. The molecule has 0 heterocycles. The Morgan fingerprint density at radius 1 is 1.27 bits per heavy atom. The summed E-state index contributed by atoms with van der Waals surface area (Å²) in [5, 5.41) is 0. The van der Waals surface area contributed by atoms with Gasteiger partial charge in [-0.2, -0.15) is 0 Å². The van der Waals surface area contributed by atoms with Crippen molar-refractivity contribution >= 4 is 11.9 Å². The Bertz CT molecular complexity index is 433. The highest BCUT2D eigenvalue weighted by molar-refractivity contribution is 5.97. The number of hydrogen-bond acceptors (Lipinski definition) is 1. The zero-order valence-corrected chi connectivity index (χ0v) is 8.90. The van der Waals surface area contributed by atoms with Crippen molar-refractivity contribution in [3.05, 3.63) is 40.5 Å². The number of Topliss-reactive ketones (excluding diaryl/α,β-unsaturated/α-hetero) is 1. The maximum atomic E-state index is 13.1. The fourth-order valence-electron chi connectivity index (χ4n) is 1.15. The van der Waals surface area contributed by atoms with Crippen LogP contribution in [-0.4, -0.2) is 5.78 Å². The largest absolute Gasteiger partial charge is 0.295 e. The average Bonchev–Trinajstić information content (AvgIpc) is 2.13. The second kappa shape index (κ2) is 4.34. The molecule has 80 valence electrons. The molecule has 1 aromatic carbocycles. The summed E-state index contributed by atoms with van der Waals surface area (Å²) in [6, 6.07) is 2.04. The molecule has 1 aromatic rings. The predicted octanol–water partition coefficient (Wildman–Crippen LogP) is 3.27. The summed E-state index contributed by atoms with van der Waals surface area (Å²) in [5.74, 6) is -1.35.